The summed E-state index contributed by atoms with van der Waals surface area (Å²) >= 11 is 0. The van der Waals surface area contributed by atoms with E-state index >= 15 is 0 Å². The standard InChI is InChI=1S/C55H106O6/c1-6-7-8-9-10-11-25-32-37-42-47-55(58)61-52(49-60-54(57)46-41-36-31-27-22-24-29-34-39-44-51(4)5)48-59-53(56)45-40-35-30-26-21-19-17-15-13-12-14-16-18-20-23-28-33-38-43-50(2)3/h50-52H,6-49H2,1-5H3/t52-/m1/s1. The molecule has 0 radical (unpaired) electrons. The molecule has 6 nitrogen and oxygen atoms in total. The highest BCUT2D eigenvalue weighted by Gasteiger charge is 2.19. The lowest BCUT2D eigenvalue weighted by Crippen LogP contribution is -2.30. The summed E-state index contributed by atoms with van der Waals surface area (Å²) in [6.45, 7) is 11.4. The predicted molar refractivity (Wildman–Crippen MR) is 261 cm³/mol. The minimum atomic E-state index is -0.761. The van der Waals surface area contributed by atoms with Crippen molar-refractivity contribution in [3.05, 3.63) is 0 Å². The van der Waals surface area contributed by atoms with Crippen molar-refractivity contribution >= 4 is 17.9 Å². The second kappa shape index (κ2) is 47.9. The van der Waals surface area contributed by atoms with E-state index in [0.717, 1.165) is 69.6 Å². The van der Waals surface area contributed by atoms with Gasteiger partial charge in [0, 0.05) is 19.3 Å². The van der Waals surface area contributed by atoms with Gasteiger partial charge in [-0.1, -0.05) is 266 Å². The van der Waals surface area contributed by atoms with E-state index in [-0.39, 0.29) is 31.1 Å². The van der Waals surface area contributed by atoms with Crippen molar-refractivity contribution in [1.29, 1.82) is 0 Å². The van der Waals surface area contributed by atoms with Crippen LogP contribution >= 0.6 is 0 Å². The van der Waals surface area contributed by atoms with E-state index in [1.54, 1.807) is 0 Å². The molecule has 0 bridgehead atoms. The van der Waals surface area contributed by atoms with Crippen LogP contribution in [0.4, 0.5) is 0 Å². The quantitative estimate of drug-likeness (QED) is 0.0344. The van der Waals surface area contributed by atoms with E-state index in [2.05, 4.69) is 34.6 Å². The van der Waals surface area contributed by atoms with E-state index in [0.29, 0.717) is 19.3 Å². The first-order valence-corrected chi connectivity index (χ1v) is 27.2. The molecule has 0 saturated carbocycles. The molecule has 0 amide bonds. The normalized spacial score (nSPS) is 12.0. The van der Waals surface area contributed by atoms with Gasteiger partial charge in [0.25, 0.3) is 0 Å². The number of esters is 3. The maximum Gasteiger partial charge on any atom is 0.306 e. The zero-order valence-corrected chi connectivity index (χ0v) is 41.8. The van der Waals surface area contributed by atoms with Gasteiger partial charge in [0.05, 0.1) is 0 Å². The maximum atomic E-state index is 12.7. The molecule has 0 aliphatic carbocycles. The smallest absolute Gasteiger partial charge is 0.306 e. The molecule has 1 atom stereocenters. The van der Waals surface area contributed by atoms with E-state index in [1.807, 2.05) is 0 Å². The van der Waals surface area contributed by atoms with E-state index in [1.165, 1.54) is 193 Å². The fourth-order valence-corrected chi connectivity index (χ4v) is 8.34. The Kier molecular flexibility index (Phi) is 46.6. The summed E-state index contributed by atoms with van der Waals surface area (Å²) in [4.78, 5) is 37.9. The highest BCUT2D eigenvalue weighted by atomic mass is 16.6. The average molecular weight is 863 g/mol. The van der Waals surface area contributed by atoms with E-state index < -0.39 is 6.10 Å². The third-order valence-corrected chi connectivity index (χ3v) is 12.5. The van der Waals surface area contributed by atoms with Gasteiger partial charge in [-0.3, -0.25) is 14.4 Å². The first kappa shape index (κ1) is 59.4. The van der Waals surface area contributed by atoms with Crippen molar-refractivity contribution in [3.63, 3.8) is 0 Å². The molecular weight excluding hydrogens is 757 g/mol. The molecular formula is C55H106O6. The van der Waals surface area contributed by atoms with Crippen LogP contribution in [0.1, 0.15) is 304 Å². The van der Waals surface area contributed by atoms with Gasteiger partial charge in [-0.25, -0.2) is 0 Å². The number of hydrogen-bond donors (Lipinski definition) is 0. The minimum Gasteiger partial charge on any atom is -0.462 e. The molecule has 0 aromatic heterocycles. The summed E-state index contributed by atoms with van der Waals surface area (Å²) in [5, 5.41) is 0. The fourth-order valence-electron chi connectivity index (χ4n) is 8.34. The first-order chi connectivity index (χ1) is 29.7. The first-order valence-electron chi connectivity index (χ1n) is 27.2. The zero-order valence-electron chi connectivity index (χ0n) is 41.8. The summed E-state index contributed by atoms with van der Waals surface area (Å²) in [6, 6.07) is 0. The molecule has 0 saturated heterocycles. The molecule has 0 aromatic rings. The van der Waals surface area contributed by atoms with Crippen LogP contribution in [0.15, 0.2) is 0 Å². The number of carbonyl (C=O) groups excluding carboxylic acids is 3. The lowest BCUT2D eigenvalue weighted by Gasteiger charge is -2.18. The molecule has 0 aromatic carbocycles. The Balaban J connectivity index is 4.18. The Bertz CT molecular complexity index is 931. The Morgan fingerprint density at radius 1 is 0.311 bits per heavy atom. The number of ether oxygens (including phenoxy) is 3. The van der Waals surface area contributed by atoms with Crippen LogP contribution in [0.2, 0.25) is 0 Å². The number of carbonyl (C=O) groups is 3. The zero-order chi connectivity index (χ0) is 44.7. The average Bonchev–Trinajstić information content (AvgIpc) is 3.23. The van der Waals surface area contributed by atoms with Crippen LogP contribution in [0.3, 0.4) is 0 Å². The summed E-state index contributed by atoms with van der Waals surface area (Å²) in [7, 11) is 0. The van der Waals surface area contributed by atoms with Gasteiger partial charge in [0.1, 0.15) is 13.2 Å². The van der Waals surface area contributed by atoms with Crippen LogP contribution in [-0.2, 0) is 28.6 Å². The molecule has 61 heavy (non-hydrogen) atoms. The fraction of sp³-hybridized carbons (Fsp3) is 0.945. The molecule has 0 aliphatic rings. The van der Waals surface area contributed by atoms with Gasteiger partial charge < -0.3 is 14.2 Å². The summed E-state index contributed by atoms with van der Waals surface area (Å²) < 4.78 is 16.8. The van der Waals surface area contributed by atoms with Crippen molar-refractivity contribution < 1.29 is 28.6 Å². The Hall–Kier alpha value is -1.59. The monoisotopic (exact) mass is 863 g/mol. The van der Waals surface area contributed by atoms with Crippen molar-refractivity contribution in [2.24, 2.45) is 11.8 Å². The van der Waals surface area contributed by atoms with Crippen molar-refractivity contribution in [1.82, 2.24) is 0 Å². The van der Waals surface area contributed by atoms with Crippen LogP contribution in [0.5, 0.6) is 0 Å². The van der Waals surface area contributed by atoms with Crippen LogP contribution in [0.25, 0.3) is 0 Å². The summed E-state index contributed by atoms with van der Waals surface area (Å²) in [6.07, 6.45) is 49.6. The lowest BCUT2D eigenvalue weighted by atomic mass is 10.0. The van der Waals surface area contributed by atoms with Crippen molar-refractivity contribution in [2.45, 2.75) is 310 Å². The third-order valence-electron chi connectivity index (χ3n) is 12.5. The number of rotatable bonds is 49. The van der Waals surface area contributed by atoms with Crippen molar-refractivity contribution in [2.75, 3.05) is 13.2 Å². The van der Waals surface area contributed by atoms with Crippen LogP contribution in [0, 0.1) is 11.8 Å². The van der Waals surface area contributed by atoms with Gasteiger partial charge in [0.15, 0.2) is 6.10 Å². The second-order valence-electron chi connectivity index (χ2n) is 19.8. The SMILES string of the molecule is CCCCCCCCCCCCC(=O)O[C@H](COC(=O)CCCCCCCCCCCCCCCCCCCCC(C)C)COC(=O)CCCCCCCCCCCC(C)C. The summed E-state index contributed by atoms with van der Waals surface area (Å²) in [5.74, 6) is 0.820. The van der Waals surface area contributed by atoms with E-state index in [4.69, 9.17) is 14.2 Å². The molecule has 0 spiro atoms. The topological polar surface area (TPSA) is 78.9 Å². The molecule has 362 valence electrons. The van der Waals surface area contributed by atoms with Crippen LogP contribution < -0.4 is 0 Å². The van der Waals surface area contributed by atoms with Crippen LogP contribution in [-0.4, -0.2) is 37.2 Å². The van der Waals surface area contributed by atoms with Gasteiger partial charge in [0.2, 0.25) is 0 Å². The van der Waals surface area contributed by atoms with Crippen molar-refractivity contribution in [3.8, 4) is 0 Å². The molecule has 6 heteroatoms. The maximum absolute atomic E-state index is 12.7. The second-order valence-corrected chi connectivity index (χ2v) is 19.8. The lowest BCUT2D eigenvalue weighted by molar-refractivity contribution is -0.167. The Labute approximate surface area is 380 Å². The summed E-state index contributed by atoms with van der Waals surface area (Å²) in [5.41, 5.74) is 0. The highest BCUT2D eigenvalue weighted by Crippen LogP contribution is 2.18. The molecule has 0 heterocycles. The number of unbranched alkanes of at least 4 members (excludes halogenated alkanes) is 34. The van der Waals surface area contributed by atoms with Gasteiger partial charge in [-0.15, -0.1) is 0 Å². The molecule has 0 rings (SSSR count). The Morgan fingerprint density at radius 3 is 0.803 bits per heavy atom. The van der Waals surface area contributed by atoms with E-state index in [9.17, 15) is 14.4 Å². The Morgan fingerprint density at radius 2 is 0.541 bits per heavy atom. The number of hydrogen-bond acceptors (Lipinski definition) is 6. The minimum absolute atomic E-state index is 0.0635. The highest BCUT2D eigenvalue weighted by molar-refractivity contribution is 5.71. The van der Waals surface area contributed by atoms with Gasteiger partial charge in [-0.05, 0) is 31.1 Å². The molecule has 0 aliphatic heterocycles. The largest absolute Gasteiger partial charge is 0.462 e. The molecule has 0 N–H and O–H groups in total. The molecule has 0 unspecified atom stereocenters. The molecule has 0 fully saturated rings. The third kappa shape index (κ3) is 49.3. The van der Waals surface area contributed by atoms with Gasteiger partial charge >= 0.3 is 17.9 Å². The predicted octanol–water partition coefficient (Wildman–Crippen LogP) is 17.7. The van der Waals surface area contributed by atoms with Gasteiger partial charge in [-0.2, -0.15) is 0 Å².